The van der Waals surface area contributed by atoms with Crippen molar-refractivity contribution in [1.82, 2.24) is 4.90 Å². The Morgan fingerprint density at radius 2 is 2.27 bits per heavy atom. The van der Waals surface area contributed by atoms with Crippen LogP contribution in [0.15, 0.2) is 40.3 Å². The molecule has 1 fully saturated rings. The van der Waals surface area contributed by atoms with E-state index >= 15 is 0 Å². The van der Waals surface area contributed by atoms with Gasteiger partial charge in [-0.3, -0.25) is 5.32 Å². The van der Waals surface area contributed by atoms with Gasteiger partial charge in [0.05, 0.1) is 16.5 Å². The minimum Gasteiger partial charge on any atom is -0.468 e. The van der Waals surface area contributed by atoms with Crippen LogP contribution in [0.25, 0.3) is 0 Å². The fraction of sp³-hybridized carbons (Fsp3) is 0.357. The molecule has 1 saturated heterocycles. The van der Waals surface area contributed by atoms with Crippen molar-refractivity contribution in [3.8, 4) is 0 Å². The van der Waals surface area contributed by atoms with E-state index in [2.05, 4.69) is 5.32 Å². The maximum absolute atomic E-state index is 12.4. The van der Waals surface area contributed by atoms with E-state index in [1.807, 2.05) is 17.5 Å². The van der Waals surface area contributed by atoms with E-state index in [0.717, 1.165) is 5.00 Å². The minimum absolute atomic E-state index is 0.120. The molecule has 0 spiro atoms. The molecular weight excluding hydrogens is 324 g/mol. The van der Waals surface area contributed by atoms with E-state index in [0.29, 0.717) is 18.7 Å². The number of carbonyl (C=O) groups is 1. The van der Waals surface area contributed by atoms with Crippen LogP contribution in [0.5, 0.6) is 0 Å². The molecule has 0 aliphatic carbocycles. The maximum Gasteiger partial charge on any atom is 0.322 e. The number of sulfone groups is 1. The molecule has 8 heteroatoms. The van der Waals surface area contributed by atoms with Gasteiger partial charge in [-0.15, -0.1) is 11.3 Å². The van der Waals surface area contributed by atoms with Gasteiger partial charge >= 0.3 is 6.03 Å². The first-order valence-corrected chi connectivity index (χ1v) is 9.47. The number of thiophene rings is 1. The monoisotopic (exact) mass is 340 g/mol. The van der Waals surface area contributed by atoms with Crippen LogP contribution in [0.2, 0.25) is 0 Å². The Hall–Kier alpha value is -1.80. The molecule has 6 nitrogen and oxygen atoms in total. The Kier molecular flexibility index (Phi) is 4.21. The number of nitrogens with zero attached hydrogens (tertiary/aromatic N) is 1. The van der Waals surface area contributed by atoms with E-state index in [-0.39, 0.29) is 18.3 Å². The van der Waals surface area contributed by atoms with Crippen LogP contribution in [0, 0.1) is 0 Å². The standard InChI is InChI=1S/C14H16N2O4S2/c17-14(15-13-4-2-8-21-13)16-6-5-12(9-16)22(18,19)10-11-3-1-7-20-11/h1-4,7-8,12H,5-6,9-10H2,(H,15,17). The predicted octanol–water partition coefficient (Wildman–Crippen LogP) is 2.56. The van der Waals surface area contributed by atoms with E-state index in [4.69, 9.17) is 4.42 Å². The summed E-state index contributed by atoms with van der Waals surface area (Å²) >= 11 is 1.43. The summed E-state index contributed by atoms with van der Waals surface area (Å²) < 4.78 is 29.8. The number of amides is 2. The Morgan fingerprint density at radius 3 is 2.95 bits per heavy atom. The van der Waals surface area contributed by atoms with Crippen LogP contribution >= 0.6 is 11.3 Å². The molecule has 1 aliphatic rings. The largest absolute Gasteiger partial charge is 0.468 e. The van der Waals surface area contributed by atoms with Gasteiger partial charge in [0.15, 0.2) is 9.84 Å². The number of hydrogen-bond donors (Lipinski definition) is 1. The van der Waals surface area contributed by atoms with Gasteiger partial charge in [0.25, 0.3) is 0 Å². The van der Waals surface area contributed by atoms with E-state index in [1.54, 1.807) is 17.0 Å². The summed E-state index contributed by atoms with van der Waals surface area (Å²) in [4.78, 5) is 13.7. The summed E-state index contributed by atoms with van der Waals surface area (Å²) in [6, 6.07) is 6.72. The van der Waals surface area contributed by atoms with Crippen molar-refractivity contribution in [2.45, 2.75) is 17.4 Å². The first kappa shape index (κ1) is 15.1. The lowest BCUT2D eigenvalue weighted by Gasteiger charge is -2.16. The Morgan fingerprint density at radius 1 is 1.41 bits per heavy atom. The van der Waals surface area contributed by atoms with Crippen LogP contribution in [-0.2, 0) is 15.6 Å². The number of hydrogen-bond acceptors (Lipinski definition) is 5. The molecule has 118 valence electrons. The van der Waals surface area contributed by atoms with Crippen molar-refractivity contribution in [2.75, 3.05) is 18.4 Å². The first-order valence-electron chi connectivity index (χ1n) is 6.88. The van der Waals surface area contributed by atoms with Crippen molar-refractivity contribution in [3.63, 3.8) is 0 Å². The molecule has 22 heavy (non-hydrogen) atoms. The second-order valence-corrected chi connectivity index (χ2v) is 8.38. The highest BCUT2D eigenvalue weighted by Crippen LogP contribution is 2.22. The number of urea groups is 1. The van der Waals surface area contributed by atoms with Crippen molar-refractivity contribution >= 4 is 32.2 Å². The van der Waals surface area contributed by atoms with Gasteiger partial charge in [0.2, 0.25) is 0 Å². The summed E-state index contributed by atoms with van der Waals surface area (Å²) in [6.45, 7) is 0.666. The molecule has 0 bridgehead atoms. The third-order valence-corrected chi connectivity index (χ3v) is 6.49. The quantitative estimate of drug-likeness (QED) is 0.927. The molecular formula is C14H16N2O4S2. The third kappa shape index (κ3) is 3.33. The molecule has 0 aromatic carbocycles. The lowest BCUT2D eigenvalue weighted by atomic mass is 10.4. The van der Waals surface area contributed by atoms with E-state index in [1.165, 1.54) is 17.6 Å². The van der Waals surface area contributed by atoms with Crippen molar-refractivity contribution in [3.05, 3.63) is 41.7 Å². The number of carbonyl (C=O) groups excluding carboxylic acids is 1. The summed E-state index contributed by atoms with van der Waals surface area (Å²) in [7, 11) is -3.32. The molecule has 2 amide bonds. The smallest absolute Gasteiger partial charge is 0.322 e. The molecule has 2 aromatic rings. The van der Waals surface area contributed by atoms with Crippen molar-refractivity contribution in [1.29, 1.82) is 0 Å². The fourth-order valence-electron chi connectivity index (χ4n) is 2.45. The van der Waals surface area contributed by atoms with E-state index in [9.17, 15) is 13.2 Å². The molecule has 3 rings (SSSR count). The highest BCUT2D eigenvalue weighted by atomic mass is 32.2. The zero-order valence-electron chi connectivity index (χ0n) is 11.8. The van der Waals surface area contributed by atoms with E-state index < -0.39 is 15.1 Å². The Labute approximate surface area is 132 Å². The molecule has 1 N–H and O–H groups in total. The molecule has 1 atom stereocenters. The number of anilines is 1. The highest BCUT2D eigenvalue weighted by molar-refractivity contribution is 7.91. The van der Waals surface area contributed by atoms with Crippen molar-refractivity contribution < 1.29 is 17.6 Å². The lowest BCUT2D eigenvalue weighted by molar-refractivity contribution is 0.222. The zero-order chi connectivity index (χ0) is 15.6. The summed E-state index contributed by atoms with van der Waals surface area (Å²) in [5, 5.41) is 4.87. The van der Waals surface area contributed by atoms with Crippen LogP contribution in [0.4, 0.5) is 9.80 Å². The van der Waals surface area contributed by atoms with Crippen LogP contribution in [0.1, 0.15) is 12.2 Å². The number of likely N-dealkylation sites (tertiary alicyclic amines) is 1. The minimum atomic E-state index is -3.32. The highest BCUT2D eigenvalue weighted by Gasteiger charge is 2.35. The number of furan rings is 1. The van der Waals surface area contributed by atoms with Gasteiger partial charge in [-0.05, 0) is 36.1 Å². The van der Waals surface area contributed by atoms with Gasteiger partial charge in [-0.1, -0.05) is 0 Å². The van der Waals surface area contributed by atoms with Crippen LogP contribution < -0.4 is 5.32 Å². The van der Waals surface area contributed by atoms with Gasteiger partial charge in [0.1, 0.15) is 11.5 Å². The summed E-state index contributed by atoms with van der Waals surface area (Å²) in [6.07, 6.45) is 1.92. The fourth-order valence-corrected chi connectivity index (χ4v) is 4.73. The summed E-state index contributed by atoms with van der Waals surface area (Å²) in [5.74, 6) is 0.312. The average molecular weight is 340 g/mol. The first-order chi connectivity index (χ1) is 10.5. The third-order valence-electron chi connectivity index (χ3n) is 3.61. The maximum atomic E-state index is 12.4. The molecule has 3 heterocycles. The second-order valence-electron chi connectivity index (χ2n) is 5.15. The number of rotatable bonds is 4. The Balaban J connectivity index is 1.60. The van der Waals surface area contributed by atoms with Gasteiger partial charge in [-0.2, -0.15) is 0 Å². The van der Waals surface area contributed by atoms with Crippen LogP contribution in [-0.4, -0.2) is 37.7 Å². The topological polar surface area (TPSA) is 79.6 Å². The summed E-state index contributed by atoms with van der Waals surface area (Å²) in [5.41, 5.74) is 0. The molecule has 0 radical (unpaired) electrons. The predicted molar refractivity (Wildman–Crippen MR) is 84.6 cm³/mol. The molecule has 1 aliphatic heterocycles. The van der Waals surface area contributed by atoms with Gasteiger partial charge in [0, 0.05) is 13.1 Å². The van der Waals surface area contributed by atoms with Crippen molar-refractivity contribution in [2.24, 2.45) is 0 Å². The molecule has 0 saturated carbocycles. The Bertz CT molecular complexity index is 723. The molecule has 2 aromatic heterocycles. The normalized spacial score (nSPS) is 18.5. The molecule has 1 unspecified atom stereocenters. The SMILES string of the molecule is O=C(Nc1cccs1)N1CCC(S(=O)(=O)Cc2ccco2)C1. The van der Waals surface area contributed by atoms with Gasteiger partial charge in [-0.25, -0.2) is 13.2 Å². The van der Waals surface area contributed by atoms with Gasteiger partial charge < -0.3 is 9.32 Å². The van der Waals surface area contributed by atoms with Crippen LogP contribution in [0.3, 0.4) is 0 Å². The number of nitrogens with one attached hydrogen (secondary N) is 1. The zero-order valence-corrected chi connectivity index (χ0v) is 13.4. The average Bonchev–Trinajstić information content (AvgIpc) is 3.20. The lowest BCUT2D eigenvalue weighted by Crippen LogP contribution is -2.35. The second kappa shape index (κ2) is 6.13.